The van der Waals surface area contributed by atoms with E-state index in [1.54, 1.807) is 0 Å². The Bertz CT molecular complexity index is 540. The predicted molar refractivity (Wildman–Crippen MR) is 86.3 cm³/mol. The van der Waals surface area contributed by atoms with Crippen LogP contribution in [0, 0.1) is 0 Å². The molecule has 0 fully saturated rings. The number of benzene rings is 1. The Morgan fingerprint density at radius 2 is 1.91 bits per heavy atom. The van der Waals surface area contributed by atoms with Gasteiger partial charge in [-0.05, 0) is 24.1 Å². The van der Waals surface area contributed by atoms with Crippen LogP contribution >= 0.6 is 0 Å². The third-order valence-corrected chi connectivity index (χ3v) is 3.76. The van der Waals surface area contributed by atoms with Crippen LogP contribution < -0.4 is 15.5 Å². The average Bonchev–Trinajstić information content (AvgIpc) is 2.55. The molecule has 0 saturated heterocycles. The lowest BCUT2D eigenvalue weighted by atomic mass is 10.00. The molecular weight excluding hydrogens is 278 g/mol. The molecule has 0 aliphatic carbocycles. The van der Waals surface area contributed by atoms with Gasteiger partial charge in [0, 0.05) is 13.0 Å². The second kappa shape index (κ2) is 8.34. The van der Waals surface area contributed by atoms with Crippen molar-refractivity contribution in [1.82, 2.24) is 10.6 Å². The van der Waals surface area contributed by atoms with Crippen molar-refractivity contribution < 1.29 is 14.5 Å². The zero-order valence-corrected chi connectivity index (χ0v) is 13.0. The average molecular weight is 302 g/mol. The minimum absolute atomic E-state index is 0.0606. The van der Waals surface area contributed by atoms with Crippen molar-refractivity contribution in [1.29, 1.82) is 0 Å². The van der Waals surface area contributed by atoms with Gasteiger partial charge in [-0.25, -0.2) is 0 Å². The molecule has 22 heavy (non-hydrogen) atoms. The molecular formula is C17H24N3O2+. The molecule has 5 heteroatoms. The summed E-state index contributed by atoms with van der Waals surface area (Å²) in [6.07, 6.45) is 3.19. The normalized spacial score (nSPS) is 17.5. The third kappa shape index (κ3) is 5.00. The van der Waals surface area contributed by atoms with Crippen LogP contribution in [-0.2, 0) is 9.59 Å². The van der Waals surface area contributed by atoms with Crippen LogP contribution in [0.15, 0.2) is 36.4 Å². The number of hydrogen-bond acceptors (Lipinski definition) is 2. The van der Waals surface area contributed by atoms with Crippen LogP contribution in [-0.4, -0.2) is 44.5 Å². The van der Waals surface area contributed by atoms with E-state index in [1.165, 1.54) is 16.0 Å². The first-order valence-corrected chi connectivity index (χ1v) is 7.80. The van der Waals surface area contributed by atoms with Gasteiger partial charge >= 0.3 is 0 Å². The number of nitrogens with one attached hydrogen (secondary N) is 3. The molecule has 0 saturated carbocycles. The van der Waals surface area contributed by atoms with E-state index < -0.39 is 0 Å². The summed E-state index contributed by atoms with van der Waals surface area (Å²) in [4.78, 5) is 24.4. The summed E-state index contributed by atoms with van der Waals surface area (Å²) < 4.78 is 0. The van der Waals surface area contributed by atoms with Crippen molar-refractivity contribution in [2.45, 2.75) is 13.3 Å². The van der Waals surface area contributed by atoms with E-state index in [4.69, 9.17) is 0 Å². The van der Waals surface area contributed by atoms with Gasteiger partial charge < -0.3 is 15.5 Å². The molecule has 3 N–H and O–H groups in total. The van der Waals surface area contributed by atoms with Gasteiger partial charge in [0.1, 0.15) is 0 Å². The molecule has 2 rings (SSSR count). The Morgan fingerprint density at radius 1 is 1.14 bits per heavy atom. The van der Waals surface area contributed by atoms with E-state index in [2.05, 4.69) is 28.8 Å². The maximum atomic E-state index is 11.8. The molecule has 1 unspecified atom stereocenters. The summed E-state index contributed by atoms with van der Waals surface area (Å²) in [5, 5.41) is 5.32. The predicted octanol–water partition coefficient (Wildman–Crippen LogP) is -0.389. The number of carbonyl (C=O) groups excluding carboxylic acids is 2. The number of hydrogen-bond donors (Lipinski definition) is 3. The van der Waals surface area contributed by atoms with Crippen LogP contribution in [0.5, 0.6) is 0 Å². The smallest absolute Gasteiger partial charge is 0.275 e. The number of quaternary nitrogens is 1. The fourth-order valence-electron chi connectivity index (χ4n) is 2.59. The van der Waals surface area contributed by atoms with Crippen molar-refractivity contribution in [3.05, 3.63) is 42.0 Å². The Labute approximate surface area is 131 Å². The Balaban J connectivity index is 1.76. The highest BCUT2D eigenvalue weighted by molar-refractivity contribution is 5.85. The van der Waals surface area contributed by atoms with Crippen LogP contribution in [0.4, 0.5) is 0 Å². The van der Waals surface area contributed by atoms with E-state index in [0.29, 0.717) is 13.1 Å². The molecule has 0 aromatic heterocycles. The first kappa shape index (κ1) is 16.2. The summed E-state index contributed by atoms with van der Waals surface area (Å²) in [6.45, 7) is 4.70. The molecule has 1 aromatic rings. The molecule has 1 atom stereocenters. The molecule has 1 aromatic carbocycles. The zero-order valence-electron chi connectivity index (χ0n) is 13.0. The quantitative estimate of drug-likeness (QED) is 0.670. The van der Waals surface area contributed by atoms with Gasteiger partial charge in [-0.2, -0.15) is 0 Å². The standard InChI is InChI=1S/C17H23N3O2/c1-2-18-16(21)12-19-17(22)13-20-10-8-15(9-11-20)14-6-4-3-5-7-14/h3-8H,2,9-13H2,1H3,(H,18,21)(H,19,22)/p+1. The minimum atomic E-state index is -0.143. The van der Waals surface area contributed by atoms with Gasteiger partial charge in [-0.1, -0.05) is 30.3 Å². The monoisotopic (exact) mass is 302 g/mol. The molecule has 1 heterocycles. The molecule has 0 spiro atoms. The Hall–Kier alpha value is -2.14. The summed E-state index contributed by atoms with van der Waals surface area (Å²) >= 11 is 0. The van der Waals surface area contributed by atoms with Gasteiger partial charge in [0.05, 0.1) is 19.6 Å². The van der Waals surface area contributed by atoms with Crippen LogP contribution in [0.3, 0.4) is 0 Å². The lowest BCUT2D eigenvalue weighted by Crippen LogP contribution is -3.13. The summed E-state index contributed by atoms with van der Waals surface area (Å²) in [6, 6.07) is 10.4. The van der Waals surface area contributed by atoms with Crippen LogP contribution in [0.2, 0.25) is 0 Å². The third-order valence-electron chi connectivity index (χ3n) is 3.76. The van der Waals surface area contributed by atoms with Crippen molar-refractivity contribution in [2.24, 2.45) is 0 Å². The topological polar surface area (TPSA) is 62.6 Å². The summed E-state index contributed by atoms with van der Waals surface area (Å²) in [5.41, 5.74) is 2.62. The first-order chi connectivity index (χ1) is 10.7. The van der Waals surface area contributed by atoms with E-state index in [1.807, 2.05) is 25.1 Å². The van der Waals surface area contributed by atoms with E-state index in [9.17, 15) is 9.59 Å². The second-order valence-electron chi connectivity index (χ2n) is 5.46. The van der Waals surface area contributed by atoms with Crippen molar-refractivity contribution >= 4 is 17.4 Å². The minimum Gasteiger partial charge on any atom is -0.355 e. The summed E-state index contributed by atoms with van der Waals surface area (Å²) in [5.74, 6) is -0.214. The molecule has 2 amide bonds. The van der Waals surface area contributed by atoms with Gasteiger partial charge in [-0.15, -0.1) is 0 Å². The van der Waals surface area contributed by atoms with Crippen molar-refractivity contribution in [3.63, 3.8) is 0 Å². The zero-order chi connectivity index (χ0) is 15.8. The number of amides is 2. The van der Waals surface area contributed by atoms with Gasteiger partial charge in [0.25, 0.3) is 5.91 Å². The van der Waals surface area contributed by atoms with E-state index in [0.717, 1.165) is 19.5 Å². The van der Waals surface area contributed by atoms with Crippen molar-refractivity contribution in [2.75, 3.05) is 32.7 Å². The largest absolute Gasteiger partial charge is 0.355 e. The lowest BCUT2D eigenvalue weighted by molar-refractivity contribution is -0.886. The lowest BCUT2D eigenvalue weighted by Gasteiger charge is -2.23. The van der Waals surface area contributed by atoms with E-state index >= 15 is 0 Å². The maximum absolute atomic E-state index is 11.8. The van der Waals surface area contributed by atoms with Crippen LogP contribution in [0.25, 0.3) is 5.57 Å². The molecule has 0 bridgehead atoms. The number of likely N-dealkylation sites (N-methyl/N-ethyl adjacent to an activating group) is 1. The second-order valence-corrected chi connectivity index (χ2v) is 5.46. The maximum Gasteiger partial charge on any atom is 0.275 e. The molecule has 118 valence electrons. The molecule has 5 nitrogen and oxygen atoms in total. The molecule has 1 aliphatic rings. The van der Waals surface area contributed by atoms with Gasteiger partial charge in [-0.3, -0.25) is 9.59 Å². The van der Waals surface area contributed by atoms with Gasteiger partial charge in [0.2, 0.25) is 5.91 Å². The molecule has 0 radical (unpaired) electrons. The number of rotatable bonds is 6. The summed E-state index contributed by atoms with van der Waals surface area (Å²) in [7, 11) is 0. The highest BCUT2D eigenvalue weighted by Crippen LogP contribution is 2.17. The SMILES string of the molecule is CCNC(=O)CNC(=O)C[NH+]1CC=C(c2ccccc2)CC1. The number of carbonyl (C=O) groups is 2. The highest BCUT2D eigenvalue weighted by atomic mass is 16.2. The first-order valence-electron chi connectivity index (χ1n) is 7.80. The van der Waals surface area contributed by atoms with Crippen LogP contribution in [0.1, 0.15) is 18.9 Å². The van der Waals surface area contributed by atoms with Gasteiger partial charge in [0.15, 0.2) is 6.54 Å². The van der Waals surface area contributed by atoms with E-state index in [-0.39, 0.29) is 18.4 Å². The fourth-order valence-corrected chi connectivity index (χ4v) is 2.59. The molecule has 1 aliphatic heterocycles. The Kier molecular flexibility index (Phi) is 6.15. The highest BCUT2D eigenvalue weighted by Gasteiger charge is 2.18. The van der Waals surface area contributed by atoms with Crippen molar-refractivity contribution in [3.8, 4) is 0 Å². The Morgan fingerprint density at radius 3 is 2.55 bits per heavy atom. The fraction of sp³-hybridized carbons (Fsp3) is 0.412.